The fourth-order valence-electron chi connectivity index (χ4n) is 4.21. The van der Waals surface area contributed by atoms with Gasteiger partial charge in [0.2, 0.25) is 0 Å². The van der Waals surface area contributed by atoms with Crippen LogP contribution in [0.25, 0.3) is 26.9 Å². The summed E-state index contributed by atoms with van der Waals surface area (Å²) in [6.45, 7) is -0.105. The van der Waals surface area contributed by atoms with Crippen molar-refractivity contribution in [3.8, 4) is 5.69 Å². The number of carbonyl (C=O) groups excluding carboxylic acids is 1. The van der Waals surface area contributed by atoms with Gasteiger partial charge in [0.25, 0.3) is 5.91 Å². The Morgan fingerprint density at radius 2 is 2.00 bits per heavy atom. The van der Waals surface area contributed by atoms with Crippen molar-refractivity contribution in [2.24, 2.45) is 13.0 Å². The third kappa shape index (κ3) is 3.47. The minimum absolute atomic E-state index is 0.105. The first kappa shape index (κ1) is 21.0. The molecule has 0 aliphatic heterocycles. The molecule has 0 unspecified atom stereocenters. The van der Waals surface area contributed by atoms with Gasteiger partial charge in [-0.15, -0.1) is 11.3 Å². The number of alkyl halides is 3. The maximum absolute atomic E-state index is 13.0. The van der Waals surface area contributed by atoms with E-state index >= 15 is 0 Å². The first-order valence-electron chi connectivity index (χ1n) is 10.3. The average molecular weight is 462 g/mol. The quantitative estimate of drug-likeness (QED) is 0.459. The molecular formula is C22H21F3N4O2S. The van der Waals surface area contributed by atoms with E-state index in [0.717, 1.165) is 47.0 Å². The molecule has 1 aliphatic carbocycles. The molecule has 1 amide bonds. The monoisotopic (exact) mass is 462 g/mol. The molecule has 0 spiro atoms. The summed E-state index contributed by atoms with van der Waals surface area (Å²) >= 11 is 1.26. The van der Waals surface area contributed by atoms with Gasteiger partial charge in [0, 0.05) is 29.7 Å². The van der Waals surface area contributed by atoms with Crippen LogP contribution in [0.4, 0.5) is 13.2 Å². The molecule has 1 atom stereocenters. The van der Waals surface area contributed by atoms with E-state index in [9.17, 15) is 23.1 Å². The van der Waals surface area contributed by atoms with Gasteiger partial charge in [0.1, 0.15) is 4.83 Å². The minimum atomic E-state index is -4.41. The Bertz CT molecular complexity index is 1300. The van der Waals surface area contributed by atoms with Crippen LogP contribution in [-0.4, -0.2) is 38.0 Å². The Hall–Kier alpha value is -2.85. The smallest absolute Gasteiger partial charge is 0.394 e. The van der Waals surface area contributed by atoms with Crippen LogP contribution in [0.15, 0.2) is 36.5 Å². The third-order valence-electron chi connectivity index (χ3n) is 6.14. The van der Waals surface area contributed by atoms with Gasteiger partial charge >= 0.3 is 6.18 Å². The number of amides is 1. The van der Waals surface area contributed by atoms with E-state index < -0.39 is 11.7 Å². The average Bonchev–Trinajstić information content (AvgIpc) is 3.35. The molecule has 6 nitrogen and oxygen atoms in total. The van der Waals surface area contributed by atoms with E-state index in [2.05, 4.69) is 10.4 Å². The molecule has 168 valence electrons. The van der Waals surface area contributed by atoms with Gasteiger partial charge in [-0.2, -0.15) is 18.3 Å². The topological polar surface area (TPSA) is 72.1 Å². The van der Waals surface area contributed by atoms with Crippen LogP contribution in [0.2, 0.25) is 0 Å². The first-order valence-corrected chi connectivity index (χ1v) is 11.1. The Morgan fingerprint density at radius 3 is 2.59 bits per heavy atom. The van der Waals surface area contributed by atoms with Crippen LogP contribution in [0.5, 0.6) is 0 Å². The number of fused-ring (bicyclic) bond motifs is 3. The Balaban J connectivity index is 1.56. The number of aromatic nitrogens is 3. The Labute approximate surface area is 185 Å². The van der Waals surface area contributed by atoms with Crippen LogP contribution >= 0.6 is 11.3 Å². The number of thiophene rings is 1. The van der Waals surface area contributed by atoms with Gasteiger partial charge in [0.05, 0.1) is 23.1 Å². The molecule has 2 N–H and O–H groups in total. The van der Waals surface area contributed by atoms with Gasteiger partial charge in [0.15, 0.2) is 5.65 Å². The number of hydrogen-bond acceptors (Lipinski definition) is 4. The fourth-order valence-corrected chi connectivity index (χ4v) is 5.31. The summed E-state index contributed by atoms with van der Waals surface area (Å²) < 4.78 is 42.4. The number of benzene rings is 1. The van der Waals surface area contributed by atoms with E-state index in [1.165, 1.54) is 23.5 Å². The number of aliphatic hydroxyl groups is 1. The van der Waals surface area contributed by atoms with Gasteiger partial charge < -0.3 is 10.4 Å². The summed E-state index contributed by atoms with van der Waals surface area (Å²) in [4.78, 5) is 14.1. The highest BCUT2D eigenvalue weighted by Gasteiger charge is 2.31. The van der Waals surface area contributed by atoms with Crippen molar-refractivity contribution < 1.29 is 23.1 Å². The highest BCUT2D eigenvalue weighted by Crippen LogP contribution is 2.38. The molecule has 0 bridgehead atoms. The van der Waals surface area contributed by atoms with E-state index in [-0.39, 0.29) is 18.6 Å². The molecule has 3 aromatic heterocycles. The standard InChI is InChI=1S/C22H21F3N4O2S/c1-28-10-16-15-9-18(20(31)26-17(11-30)12-3-2-4-12)32-21(15)29(19(16)27-28)14-7-5-13(6-8-14)22(23,24)25/h5-10,12,17,30H,2-4,11H2,1H3,(H,26,31)/t17-/m0/s1. The molecule has 0 radical (unpaired) electrons. The third-order valence-corrected chi connectivity index (χ3v) is 7.25. The lowest BCUT2D eigenvalue weighted by Crippen LogP contribution is -2.45. The van der Waals surface area contributed by atoms with Gasteiger partial charge in [-0.25, -0.2) is 0 Å². The van der Waals surface area contributed by atoms with Crippen molar-refractivity contribution in [3.05, 3.63) is 47.0 Å². The minimum Gasteiger partial charge on any atom is -0.394 e. The van der Waals surface area contributed by atoms with Crippen molar-refractivity contribution in [1.82, 2.24) is 19.7 Å². The van der Waals surface area contributed by atoms with Crippen molar-refractivity contribution >= 4 is 38.5 Å². The summed E-state index contributed by atoms with van der Waals surface area (Å²) in [6.07, 6.45) is 0.511. The molecule has 1 saturated carbocycles. The highest BCUT2D eigenvalue weighted by molar-refractivity contribution is 7.20. The zero-order valence-electron chi connectivity index (χ0n) is 17.2. The number of carbonyl (C=O) groups is 1. The predicted octanol–water partition coefficient (Wildman–Crippen LogP) is 4.49. The number of rotatable bonds is 5. The van der Waals surface area contributed by atoms with Crippen LogP contribution in [0.1, 0.15) is 34.5 Å². The van der Waals surface area contributed by atoms with Crippen molar-refractivity contribution in [2.75, 3.05) is 6.61 Å². The molecule has 4 aromatic rings. The molecule has 1 aliphatic rings. The van der Waals surface area contributed by atoms with E-state index in [1.807, 2.05) is 6.20 Å². The van der Waals surface area contributed by atoms with Crippen LogP contribution < -0.4 is 5.32 Å². The Kier molecular flexibility index (Phi) is 5.01. The van der Waals surface area contributed by atoms with E-state index in [4.69, 9.17) is 0 Å². The van der Waals surface area contributed by atoms with Gasteiger partial charge in [-0.1, -0.05) is 6.42 Å². The largest absolute Gasteiger partial charge is 0.416 e. The maximum atomic E-state index is 13.0. The first-order chi connectivity index (χ1) is 15.3. The molecule has 5 rings (SSSR count). The molecule has 0 saturated heterocycles. The van der Waals surface area contributed by atoms with Crippen molar-refractivity contribution in [2.45, 2.75) is 31.5 Å². The van der Waals surface area contributed by atoms with Crippen molar-refractivity contribution in [1.29, 1.82) is 0 Å². The van der Waals surface area contributed by atoms with Crippen LogP contribution in [0, 0.1) is 5.92 Å². The molecule has 1 fully saturated rings. The zero-order valence-corrected chi connectivity index (χ0v) is 18.0. The number of nitrogens with one attached hydrogen (secondary N) is 1. The normalized spacial score (nSPS) is 15.9. The fraction of sp³-hybridized carbons (Fsp3) is 0.364. The van der Waals surface area contributed by atoms with Crippen LogP contribution in [-0.2, 0) is 13.2 Å². The maximum Gasteiger partial charge on any atom is 0.416 e. The highest BCUT2D eigenvalue weighted by atomic mass is 32.1. The predicted molar refractivity (Wildman–Crippen MR) is 116 cm³/mol. The lowest BCUT2D eigenvalue weighted by molar-refractivity contribution is -0.137. The number of hydrogen-bond donors (Lipinski definition) is 2. The summed E-state index contributed by atoms with van der Waals surface area (Å²) in [6, 6.07) is 6.43. The summed E-state index contributed by atoms with van der Waals surface area (Å²) in [5.74, 6) is 0.0393. The second-order valence-electron chi connectivity index (χ2n) is 8.20. The summed E-state index contributed by atoms with van der Waals surface area (Å²) in [7, 11) is 1.77. The molecule has 10 heteroatoms. The van der Waals surface area contributed by atoms with E-state index in [0.29, 0.717) is 22.1 Å². The summed E-state index contributed by atoms with van der Waals surface area (Å²) in [5, 5.41) is 18.7. The lowest BCUT2D eigenvalue weighted by Gasteiger charge is -2.32. The van der Waals surface area contributed by atoms with E-state index in [1.54, 1.807) is 22.4 Å². The second-order valence-corrected chi connectivity index (χ2v) is 9.23. The zero-order chi connectivity index (χ0) is 22.6. The number of aliphatic hydroxyl groups excluding tert-OH is 1. The number of nitrogens with zero attached hydrogens (tertiary/aromatic N) is 3. The lowest BCUT2D eigenvalue weighted by atomic mass is 9.80. The SMILES string of the molecule is Cn1cc2c3cc(C(=O)N[C@@H](CO)C4CCC4)sc3n(-c3ccc(C(F)(F)F)cc3)c2n1. The molecule has 1 aromatic carbocycles. The Morgan fingerprint density at radius 1 is 1.28 bits per heavy atom. The van der Waals surface area contributed by atoms with Crippen molar-refractivity contribution in [3.63, 3.8) is 0 Å². The number of halogens is 3. The summed E-state index contributed by atoms with van der Waals surface area (Å²) in [5.41, 5.74) is 0.426. The molecular weight excluding hydrogens is 441 g/mol. The number of aryl methyl sites for hydroxylation is 1. The van der Waals surface area contributed by atoms with Gasteiger partial charge in [-0.05, 0) is 49.1 Å². The molecule has 3 heterocycles. The second kappa shape index (κ2) is 7.63. The molecule has 32 heavy (non-hydrogen) atoms. The van der Waals surface area contributed by atoms with Crippen LogP contribution in [0.3, 0.4) is 0 Å². The van der Waals surface area contributed by atoms with Gasteiger partial charge in [-0.3, -0.25) is 14.0 Å².